The van der Waals surface area contributed by atoms with Crippen LogP contribution in [0.5, 0.6) is 0 Å². The highest BCUT2D eigenvalue weighted by Crippen LogP contribution is 2.07. The fourth-order valence-electron chi connectivity index (χ4n) is 0.704. The van der Waals surface area contributed by atoms with Crippen molar-refractivity contribution in [2.24, 2.45) is 0 Å². The van der Waals surface area contributed by atoms with Crippen LogP contribution in [0.1, 0.15) is 17.0 Å². The average Bonchev–Trinajstić information content (AvgIpc) is 1.98. The van der Waals surface area contributed by atoms with Crippen molar-refractivity contribution in [3.8, 4) is 0 Å². The van der Waals surface area contributed by atoms with Crippen LogP contribution in [-0.4, -0.2) is 15.2 Å². The SMILES string of the molecule is Cc1nn(O)c(C)c1C. The molecule has 0 fully saturated rings. The normalized spacial score (nSPS) is 10.1. The van der Waals surface area contributed by atoms with Gasteiger partial charge in [-0.15, -0.1) is 9.94 Å². The maximum absolute atomic E-state index is 8.93. The van der Waals surface area contributed by atoms with Gasteiger partial charge in [0.15, 0.2) is 0 Å². The van der Waals surface area contributed by atoms with Crippen molar-refractivity contribution < 1.29 is 5.21 Å². The zero-order valence-corrected chi connectivity index (χ0v) is 5.84. The largest absolute Gasteiger partial charge is 0.411 e. The summed E-state index contributed by atoms with van der Waals surface area (Å²) in [5, 5.41) is 12.7. The molecule has 0 amide bonds. The molecule has 0 aliphatic carbocycles. The van der Waals surface area contributed by atoms with E-state index in [0.717, 1.165) is 21.8 Å². The van der Waals surface area contributed by atoms with E-state index < -0.39 is 0 Å². The van der Waals surface area contributed by atoms with E-state index in [4.69, 9.17) is 5.21 Å². The van der Waals surface area contributed by atoms with Gasteiger partial charge in [0.25, 0.3) is 0 Å². The molecule has 1 heterocycles. The van der Waals surface area contributed by atoms with E-state index in [1.807, 2.05) is 20.8 Å². The van der Waals surface area contributed by atoms with E-state index in [9.17, 15) is 0 Å². The molecule has 0 spiro atoms. The zero-order chi connectivity index (χ0) is 7.02. The van der Waals surface area contributed by atoms with Gasteiger partial charge in [-0.2, -0.15) is 0 Å². The summed E-state index contributed by atoms with van der Waals surface area (Å²) in [4.78, 5) is 0.907. The number of hydrogen-bond acceptors (Lipinski definition) is 2. The summed E-state index contributed by atoms with van der Waals surface area (Å²) in [6, 6.07) is 0. The molecule has 0 aliphatic rings. The maximum atomic E-state index is 8.93. The van der Waals surface area contributed by atoms with E-state index >= 15 is 0 Å². The molecule has 0 aliphatic heterocycles. The fourth-order valence-corrected chi connectivity index (χ4v) is 0.704. The van der Waals surface area contributed by atoms with Gasteiger partial charge < -0.3 is 5.21 Å². The third-order valence-electron chi connectivity index (χ3n) is 1.63. The van der Waals surface area contributed by atoms with E-state index in [1.165, 1.54) is 0 Å². The van der Waals surface area contributed by atoms with Crippen LogP contribution in [0.3, 0.4) is 0 Å². The van der Waals surface area contributed by atoms with Crippen LogP contribution in [0, 0.1) is 20.8 Å². The van der Waals surface area contributed by atoms with Crippen LogP contribution in [0.4, 0.5) is 0 Å². The molecule has 0 saturated carbocycles. The lowest BCUT2D eigenvalue weighted by Gasteiger charge is -1.89. The third-order valence-corrected chi connectivity index (χ3v) is 1.63. The van der Waals surface area contributed by atoms with Gasteiger partial charge in [-0.25, -0.2) is 0 Å². The molecule has 0 atom stereocenters. The fraction of sp³-hybridized carbons (Fsp3) is 0.500. The lowest BCUT2D eigenvalue weighted by atomic mass is 10.2. The molecule has 1 rings (SSSR count). The van der Waals surface area contributed by atoms with Gasteiger partial charge in [0.2, 0.25) is 0 Å². The van der Waals surface area contributed by atoms with Crippen molar-refractivity contribution in [2.75, 3.05) is 0 Å². The monoisotopic (exact) mass is 126 g/mol. The van der Waals surface area contributed by atoms with Crippen LogP contribution in [-0.2, 0) is 0 Å². The molecule has 1 aromatic heterocycles. The molecule has 0 unspecified atom stereocenters. The highest BCUT2D eigenvalue weighted by molar-refractivity contribution is 5.20. The van der Waals surface area contributed by atoms with Crippen molar-refractivity contribution in [3.05, 3.63) is 17.0 Å². The van der Waals surface area contributed by atoms with Gasteiger partial charge in [-0.3, -0.25) is 0 Å². The summed E-state index contributed by atoms with van der Waals surface area (Å²) in [6.45, 7) is 5.63. The number of nitrogens with zero attached hydrogens (tertiary/aromatic N) is 2. The highest BCUT2D eigenvalue weighted by atomic mass is 16.5. The van der Waals surface area contributed by atoms with E-state index in [2.05, 4.69) is 5.10 Å². The molecule has 0 radical (unpaired) electrons. The number of aryl methyl sites for hydroxylation is 1. The number of aromatic nitrogens is 2. The van der Waals surface area contributed by atoms with Gasteiger partial charge in [-0.05, 0) is 26.3 Å². The highest BCUT2D eigenvalue weighted by Gasteiger charge is 2.03. The Balaban J connectivity index is 3.29. The molecule has 0 aromatic carbocycles. The molecule has 3 heteroatoms. The lowest BCUT2D eigenvalue weighted by molar-refractivity contribution is 0.141. The van der Waals surface area contributed by atoms with E-state index in [0.29, 0.717) is 0 Å². The Bertz CT molecular complexity index is 205. The molecular formula is C6H10N2O. The van der Waals surface area contributed by atoms with Crippen molar-refractivity contribution in [1.82, 2.24) is 9.94 Å². The molecule has 9 heavy (non-hydrogen) atoms. The Kier molecular flexibility index (Phi) is 1.20. The predicted molar refractivity (Wildman–Crippen MR) is 33.6 cm³/mol. The number of rotatable bonds is 0. The summed E-state index contributed by atoms with van der Waals surface area (Å²) in [5.74, 6) is 0. The second kappa shape index (κ2) is 1.76. The van der Waals surface area contributed by atoms with Gasteiger partial charge in [0, 0.05) is 0 Å². The minimum absolute atomic E-state index is 0.813. The van der Waals surface area contributed by atoms with Crippen molar-refractivity contribution >= 4 is 0 Å². The molecule has 1 aromatic rings. The average molecular weight is 126 g/mol. The quantitative estimate of drug-likeness (QED) is 0.527. The summed E-state index contributed by atoms with van der Waals surface area (Å²) in [7, 11) is 0. The van der Waals surface area contributed by atoms with Crippen LogP contribution >= 0.6 is 0 Å². The van der Waals surface area contributed by atoms with Gasteiger partial charge in [0.1, 0.15) is 0 Å². The molecule has 0 bridgehead atoms. The third kappa shape index (κ3) is 0.781. The minimum Gasteiger partial charge on any atom is -0.411 e. The van der Waals surface area contributed by atoms with Crippen molar-refractivity contribution in [1.29, 1.82) is 0 Å². The first-order chi connectivity index (χ1) is 4.13. The van der Waals surface area contributed by atoms with Gasteiger partial charge in [0.05, 0.1) is 11.4 Å². The summed E-state index contributed by atoms with van der Waals surface area (Å²) < 4.78 is 0. The standard InChI is InChI=1S/C6H10N2O/c1-4-5(2)7-8(9)6(4)3/h9H,1-3H3. The number of hydrogen-bond donors (Lipinski definition) is 1. The topological polar surface area (TPSA) is 38.0 Å². The Morgan fingerprint density at radius 3 is 2.00 bits per heavy atom. The van der Waals surface area contributed by atoms with Crippen molar-refractivity contribution in [3.63, 3.8) is 0 Å². The molecule has 0 saturated heterocycles. The lowest BCUT2D eigenvalue weighted by Crippen LogP contribution is -1.94. The second-order valence-electron chi connectivity index (χ2n) is 2.19. The van der Waals surface area contributed by atoms with Gasteiger partial charge in [-0.1, -0.05) is 0 Å². The van der Waals surface area contributed by atoms with Crippen LogP contribution in [0.15, 0.2) is 0 Å². The van der Waals surface area contributed by atoms with Crippen LogP contribution in [0.25, 0.3) is 0 Å². The van der Waals surface area contributed by atoms with Crippen LogP contribution in [0.2, 0.25) is 0 Å². The minimum atomic E-state index is 0.813. The molecular weight excluding hydrogens is 116 g/mol. The van der Waals surface area contributed by atoms with E-state index in [-0.39, 0.29) is 0 Å². The Labute approximate surface area is 53.9 Å². The predicted octanol–water partition coefficient (Wildman–Crippen LogP) is 1.05. The van der Waals surface area contributed by atoms with Crippen LogP contribution < -0.4 is 0 Å². The molecule has 3 nitrogen and oxygen atoms in total. The second-order valence-corrected chi connectivity index (χ2v) is 2.19. The first-order valence-corrected chi connectivity index (χ1v) is 2.85. The summed E-state index contributed by atoms with van der Waals surface area (Å²) >= 11 is 0. The Morgan fingerprint density at radius 2 is 1.89 bits per heavy atom. The first-order valence-electron chi connectivity index (χ1n) is 2.85. The van der Waals surface area contributed by atoms with E-state index in [1.54, 1.807) is 0 Å². The zero-order valence-electron chi connectivity index (χ0n) is 5.84. The summed E-state index contributed by atoms with van der Waals surface area (Å²) in [6.07, 6.45) is 0. The molecule has 50 valence electrons. The summed E-state index contributed by atoms with van der Waals surface area (Å²) in [5.41, 5.74) is 2.75. The molecule has 1 N–H and O–H groups in total. The Morgan fingerprint density at radius 1 is 1.33 bits per heavy atom. The maximum Gasteiger partial charge on any atom is 0.0799 e. The van der Waals surface area contributed by atoms with Crippen molar-refractivity contribution in [2.45, 2.75) is 20.8 Å². The Hall–Kier alpha value is -0.990. The smallest absolute Gasteiger partial charge is 0.0799 e. The first kappa shape index (κ1) is 6.13. The van der Waals surface area contributed by atoms with Gasteiger partial charge >= 0.3 is 0 Å².